The largest absolute Gasteiger partial charge is 0.393 e. The molecule has 7 heteroatoms. The number of para-hydroxylation sites is 1. The van der Waals surface area contributed by atoms with Gasteiger partial charge in [0.05, 0.1) is 23.7 Å². The van der Waals surface area contributed by atoms with Crippen molar-refractivity contribution in [1.29, 1.82) is 0 Å². The van der Waals surface area contributed by atoms with Crippen LogP contribution in [0.15, 0.2) is 36.5 Å². The van der Waals surface area contributed by atoms with E-state index >= 15 is 0 Å². The van der Waals surface area contributed by atoms with Crippen LogP contribution in [-0.2, 0) is 9.59 Å². The number of aliphatic hydroxyl groups excluding tert-OH is 1. The van der Waals surface area contributed by atoms with Crippen molar-refractivity contribution in [3.63, 3.8) is 0 Å². The summed E-state index contributed by atoms with van der Waals surface area (Å²) in [6, 6.07) is 8.90. The molecule has 1 aromatic heterocycles. The second-order valence-corrected chi connectivity index (χ2v) is 7.57. The van der Waals surface area contributed by atoms with Crippen molar-refractivity contribution in [2.75, 3.05) is 0 Å². The fourth-order valence-electron chi connectivity index (χ4n) is 3.88. The zero-order valence-corrected chi connectivity index (χ0v) is 15.2. The Kier molecular flexibility index (Phi) is 4.90. The maximum absolute atomic E-state index is 12.8. The molecule has 4 N–H and O–H groups in total. The Morgan fingerprint density at radius 3 is 2.63 bits per heavy atom. The van der Waals surface area contributed by atoms with Crippen LogP contribution in [0.3, 0.4) is 0 Å². The molecule has 0 bridgehead atoms. The van der Waals surface area contributed by atoms with E-state index in [1.807, 2.05) is 24.3 Å². The Morgan fingerprint density at radius 1 is 1.19 bits per heavy atom. The van der Waals surface area contributed by atoms with Crippen molar-refractivity contribution in [3.05, 3.63) is 42.1 Å². The fraction of sp³-hybridized carbons (Fsp3) is 0.450. The number of fused-ring (bicyclic) bond motifs is 1. The van der Waals surface area contributed by atoms with E-state index in [2.05, 4.69) is 27.2 Å². The summed E-state index contributed by atoms with van der Waals surface area (Å²) in [6.45, 7) is 1.51. The number of rotatable bonds is 5. The summed E-state index contributed by atoms with van der Waals surface area (Å²) in [7, 11) is 0. The van der Waals surface area contributed by atoms with Crippen LogP contribution in [0, 0.1) is 5.92 Å². The number of hydrogen-bond donors (Lipinski definition) is 4. The van der Waals surface area contributed by atoms with E-state index in [1.165, 1.54) is 6.92 Å². The van der Waals surface area contributed by atoms with Crippen molar-refractivity contribution in [2.45, 2.75) is 50.4 Å². The zero-order chi connectivity index (χ0) is 19.0. The maximum Gasteiger partial charge on any atom is 0.239 e. The summed E-state index contributed by atoms with van der Waals surface area (Å²) >= 11 is 0. The van der Waals surface area contributed by atoms with E-state index < -0.39 is 6.04 Å². The average molecular weight is 368 g/mol. The Morgan fingerprint density at radius 2 is 1.93 bits per heavy atom. The van der Waals surface area contributed by atoms with Crippen LogP contribution in [0.4, 0.5) is 0 Å². The van der Waals surface area contributed by atoms with Crippen LogP contribution >= 0.6 is 0 Å². The van der Waals surface area contributed by atoms with E-state index in [-0.39, 0.29) is 35.8 Å². The number of nitrogens with zero attached hydrogens (tertiary/aromatic N) is 1. The Labute approximate surface area is 157 Å². The van der Waals surface area contributed by atoms with Gasteiger partial charge < -0.3 is 10.4 Å². The molecule has 7 nitrogen and oxygen atoms in total. The minimum atomic E-state index is -0.459. The molecule has 142 valence electrons. The third kappa shape index (κ3) is 3.71. The third-order valence-electron chi connectivity index (χ3n) is 5.60. The second-order valence-electron chi connectivity index (χ2n) is 7.57. The molecule has 2 fully saturated rings. The van der Waals surface area contributed by atoms with Crippen LogP contribution in [0.25, 0.3) is 10.9 Å². The Hall–Kier alpha value is -2.35. The highest BCUT2D eigenvalue weighted by Gasteiger charge is 2.38. The molecule has 1 amide bonds. The molecule has 2 aliphatic rings. The SMILES string of the molecule is CC(=O)C1CC(C(=O)NC(c2cnc3ccccc3c2)C2CC(O)C2)NN1. The highest BCUT2D eigenvalue weighted by Crippen LogP contribution is 2.38. The van der Waals surface area contributed by atoms with Crippen molar-refractivity contribution >= 4 is 22.6 Å². The van der Waals surface area contributed by atoms with Crippen LogP contribution in [0.5, 0.6) is 0 Å². The van der Waals surface area contributed by atoms with E-state index in [0.29, 0.717) is 19.3 Å². The molecule has 1 saturated heterocycles. The molecule has 0 spiro atoms. The standard InChI is InChI=1S/C20H24N4O3/c1-11(25)17-9-18(24-23-17)20(27)22-19(13-7-15(26)8-13)14-6-12-4-2-3-5-16(12)21-10-14/h2-6,10,13,15,17-19,23-24,26H,7-9H2,1H3,(H,22,27). The highest BCUT2D eigenvalue weighted by molar-refractivity contribution is 5.87. The molecule has 1 aliphatic carbocycles. The predicted octanol–water partition coefficient (Wildman–Crippen LogP) is 0.987. The molecule has 2 aromatic rings. The monoisotopic (exact) mass is 368 g/mol. The van der Waals surface area contributed by atoms with Gasteiger partial charge in [0.25, 0.3) is 0 Å². The molecule has 27 heavy (non-hydrogen) atoms. The number of carbonyl (C=O) groups excluding carboxylic acids is 2. The number of hydrogen-bond acceptors (Lipinski definition) is 6. The van der Waals surface area contributed by atoms with Crippen molar-refractivity contribution in [1.82, 2.24) is 21.2 Å². The molecule has 3 atom stereocenters. The highest BCUT2D eigenvalue weighted by atomic mass is 16.3. The van der Waals surface area contributed by atoms with Crippen molar-refractivity contribution in [2.24, 2.45) is 5.92 Å². The van der Waals surface area contributed by atoms with Crippen molar-refractivity contribution < 1.29 is 14.7 Å². The number of ketones is 1. The van der Waals surface area contributed by atoms with Gasteiger partial charge in [-0.3, -0.25) is 14.6 Å². The van der Waals surface area contributed by atoms with Gasteiger partial charge in [0.15, 0.2) is 0 Å². The summed E-state index contributed by atoms with van der Waals surface area (Å²) in [5, 5.41) is 13.9. The molecule has 3 unspecified atom stereocenters. The topological polar surface area (TPSA) is 103 Å². The Balaban J connectivity index is 1.54. The van der Waals surface area contributed by atoms with E-state index in [0.717, 1.165) is 16.5 Å². The number of benzene rings is 1. The first kappa shape index (κ1) is 18.0. The lowest BCUT2D eigenvalue weighted by Crippen LogP contribution is -2.48. The number of pyridine rings is 1. The summed E-state index contributed by atoms with van der Waals surface area (Å²) in [5.41, 5.74) is 7.63. The minimum absolute atomic E-state index is 0.00944. The first-order valence-corrected chi connectivity index (χ1v) is 9.36. The predicted molar refractivity (Wildman–Crippen MR) is 101 cm³/mol. The van der Waals surface area contributed by atoms with Gasteiger partial charge in [-0.1, -0.05) is 18.2 Å². The zero-order valence-electron chi connectivity index (χ0n) is 15.2. The fourth-order valence-corrected chi connectivity index (χ4v) is 3.88. The second kappa shape index (κ2) is 7.34. The number of nitrogens with one attached hydrogen (secondary N) is 3. The van der Waals surface area contributed by atoms with Gasteiger partial charge in [-0.05, 0) is 49.8 Å². The molecule has 4 rings (SSSR count). The van der Waals surface area contributed by atoms with E-state index in [1.54, 1.807) is 6.20 Å². The average Bonchev–Trinajstić information content (AvgIpc) is 3.14. The number of carbonyl (C=O) groups is 2. The van der Waals surface area contributed by atoms with Gasteiger partial charge in [-0.15, -0.1) is 0 Å². The lowest BCUT2D eigenvalue weighted by atomic mass is 9.75. The molecular weight excluding hydrogens is 344 g/mol. The minimum Gasteiger partial charge on any atom is -0.393 e. The van der Waals surface area contributed by atoms with Gasteiger partial charge in [-0.2, -0.15) is 0 Å². The quantitative estimate of drug-likeness (QED) is 0.628. The first-order valence-electron chi connectivity index (χ1n) is 9.36. The number of aromatic nitrogens is 1. The van der Waals surface area contributed by atoms with Crippen LogP contribution < -0.4 is 16.2 Å². The molecule has 1 saturated carbocycles. The first-order chi connectivity index (χ1) is 13.0. The molecule has 0 radical (unpaired) electrons. The van der Waals surface area contributed by atoms with Crippen LogP contribution in [-0.4, -0.2) is 40.0 Å². The lowest BCUT2D eigenvalue weighted by Gasteiger charge is -2.38. The normalized spacial score (nSPS) is 28.5. The Bertz CT molecular complexity index is 865. The number of hydrazine groups is 1. The summed E-state index contributed by atoms with van der Waals surface area (Å²) < 4.78 is 0. The molecular formula is C20H24N4O3. The molecule has 2 heterocycles. The van der Waals surface area contributed by atoms with Gasteiger partial charge in [-0.25, -0.2) is 10.9 Å². The smallest absolute Gasteiger partial charge is 0.239 e. The van der Waals surface area contributed by atoms with Gasteiger partial charge >= 0.3 is 0 Å². The summed E-state index contributed by atoms with van der Waals surface area (Å²) in [6.07, 6.45) is 3.23. The lowest BCUT2D eigenvalue weighted by molar-refractivity contribution is -0.124. The van der Waals surface area contributed by atoms with Crippen LogP contribution in [0.2, 0.25) is 0 Å². The molecule has 1 aliphatic heterocycles. The number of Topliss-reactive ketones (excluding diaryl/α,β-unsaturated/α-hetero) is 1. The van der Waals surface area contributed by atoms with Gasteiger partial charge in [0, 0.05) is 11.6 Å². The third-order valence-corrected chi connectivity index (χ3v) is 5.60. The van der Waals surface area contributed by atoms with E-state index in [4.69, 9.17) is 0 Å². The maximum atomic E-state index is 12.8. The number of amides is 1. The van der Waals surface area contributed by atoms with Gasteiger partial charge in [0.2, 0.25) is 5.91 Å². The summed E-state index contributed by atoms with van der Waals surface area (Å²) in [4.78, 5) is 28.8. The summed E-state index contributed by atoms with van der Waals surface area (Å²) in [5.74, 6) is 0.0332. The van der Waals surface area contributed by atoms with E-state index in [9.17, 15) is 14.7 Å². The molecule has 1 aromatic carbocycles. The van der Waals surface area contributed by atoms with Crippen LogP contribution in [0.1, 0.15) is 37.8 Å². The number of aliphatic hydroxyl groups is 1. The van der Waals surface area contributed by atoms with Gasteiger partial charge in [0.1, 0.15) is 11.8 Å². The van der Waals surface area contributed by atoms with Crippen molar-refractivity contribution in [3.8, 4) is 0 Å².